The lowest BCUT2D eigenvalue weighted by atomic mass is 9.75. The highest BCUT2D eigenvalue weighted by molar-refractivity contribution is 5.95. The number of hydrogen-bond donors (Lipinski definition) is 1. The number of carbonyl (C=O) groups is 1. The third-order valence-electron chi connectivity index (χ3n) is 3.75. The zero-order valence-corrected chi connectivity index (χ0v) is 10.7. The van der Waals surface area contributed by atoms with E-state index in [1.165, 1.54) is 6.42 Å². The Morgan fingerprint density at radius 1 is 1.33 bits per heavy atom. The van der Waals surface area contributed by atoms with Crippen LogP contribution in [0.15, 0.2) is 24.3 Å². The Labute approximate surface area is 108 Å². The van der Waals surface area contributed by atoms with Crippen molar-refractivity contribution in [1.29, 1.82) is 5.26 Å². The van der Waals surface area contributed by atoms with E-state index in [0.29, 0.717) is 11.3 Å². The number of anilines is 1. The highest BCUT2D eigenvalue weighted by Gasteiger charge is 2.34. The van der Waals surface area contributed by atoms with Gasteiger partial charge < -0.3 is 5.32 Å². The maximum atomic E-state index is 12.3. The van der Waals surface area contributed by atoms with Crippen molar-refractivity contribution in [3.8, 4) is 6.07 Å². The van der Waals surface area contributed by atoms with E-state index in [-0.39, 0.29) is 11.3 Å². The van der Waals surface area contributed by atoms with E-state index >= 15 is 0 Å². The van der Waals surface area contributed by atoms with Crippen molar-refractivity contribution < 1.29 is 4.79 Å². The number of benzene rings is 1. The second kappa shape index (κ2) is 5.22. The van der Waals surface area contributed by atoms with Crippen LogP contribution in [0.2, 0.25) is 0 Å². The molecule has 2 rings (SSSR count). The highest BCUT2D eigenvalue weighted by Crippen LogP contribution is 2.36. The largest absolute Gasteiger partial charge is 0.326 e. The molecule has 1 aliphatic rings. The molecule has 1 N–H and O–H groups in total. The standard InChI is InChI=1S/C15H18N2O/c1-15(8-3-2-4-9-15)14(18)17-13-7-5-6-12(10-13)11-16/h5-7,10H,2-4,8-9H2,1H3,(H,17,18). The van der Waals surface area contributed by atoms with Gasteiger partial charge in [-0.1, -0.05) is 32.3 Å². The Bertz CT molecular complexity index is 482. The molecule has 1 aliphatic carbocycles. The Hall–Kier alpha value is -1.82. The average molecular weight is 242 g/mol. The van der Waals surface area contributed by atoms with Crippen LogP contribution in [0.25, 0.3) is 0 Å². The third-order valence-corrected chi connectivity index (χ3v) is 3.75. The zero-order valence-electron chi connectivity index (χ0n) is 10.7. The number of carbonyl (C=O) groups excluding carboxylic acids is 1. The van der Waals surface area contributed by atoms with Crippen LogP contribution in [0.1, 0.15) is 44.6 Å². The summed E-state index contributed by atoms with van der Waals surface area (Å²) < 4.78 is 0. The van der Waals surface area contributed by atoms with Crippen molar-refractivity contribution in [3.63, 3.8) is 0 Å². The second-order valence-electron chi connectivity index (χ2n) is 5.27. The number of rotatable bonds is 2. The molecule has 3 heteroatoms. The van der Waals surface area contributed by atoms with Crippen molar-refractivity contribution in [2.75, 3.05) is 5.32 Å². The van der Waals surface area contributed by atoms with Gasteiger partial charge in [0.1, 0.15) is 0 Å². The molecule has 94 valence electrons. The van der Waals surface area contributed by atoms with Gasteiger partial charge in [-0.25, -0.2) is 0 Å². The lowest BCUT2D eigenvalue weighted by Crippen LogP contribution is -2.35. The SMILES string of the molecule is CC1(C(=O)Nc2cccc(C#N)c2)CCCCC1. The minimum Gasteiger partial charge on any atom is -0.326 e. The molecule has 1 amide bonds. The summed E-state index contributed by atoms with van der Waals surface area (Å²) in [6.07, 6.45) is 5.39. The molecule has 0 aliphatic heterocycles. The summed E-state index contributed by atoms with van der Waals surface area (Å²) in [5.41, 5.74) is 1.04. The number of amides is 1. The van der Waals surface area contributed by atoms with E-state index in [0.717, 1.165) is 25.7 Å². The van der Waals surface area contributed by atoms with Crippen LogP contribution >= 0.6 is 0 Å². The molecule has 0 aromatic heterocycles. The molecular weight excluding hydrogens is 224 g/mol. The van der Waals surface area contributed by atoms with Crippen molar-refractivity contribution in [3.05, 3.63) is 29.8 Å². The Balaban J connectivity index is 2.08. The van der Waals surface area contributed by atoms with Gasteiger partial charge in [0.05, 0.1) is 11.6 Å². The Morgan fingerprint density at radius 3 is 2.72 bits per heavy atom. The van der Waals surface area contributed by atoms with Crippen LogP contribution in [0.5, 0.6) is 0 Å². The van der Waals surface area contributed by atoms with E-state index in [4.69, 9.17) is 5.26 Å². The zero-order chi connectivity index (χ0) is 13.0. The first-order chi connectivity index (χ1) is 8.64. The minimum atomic E-state index is -0.249. The summed E-state index contributed by atoms with van der Waals surface area (Å²) in [4.78, 5) is 12.3. The van der Waals surface area contributed by atoms with Gasteiger partial charge in [-0.15, -0.1) is 0 Å². The monoisotopic (exact) mass is 242 g/mol. The van der Waals surface area contributed by atoms with Crippen LogP contribution in [-0.4, -0.2) is 5.91 Å². The molecule has 1 fully saturated rings. The first kappa shape index (κ1) is 12.6. The predicted molar refractivity (Wildman–Crippen MR) is 71.0 cm³/mol. The van der Waals surface area contributed by atoms with E-state index in [1.807, 2.05) is 13.0 Å². The van der Waals surface area contributed by atoms with Gasteiger partial charge in [-0.05, 0) is 31.0 Å². The molecule has 0 spiro atoms. The first-order valence-electron chi connectivity index (χ1n) is 6.46. The minimum absolute atomic E-state index is 0.0808. The highest BCUT2D eigenvalue weighted by atomic mass is 16.2. The molecule has 0 saturated heterocycles. The average Bonchev–Trinajstić information content (AvgIpc) is 2.40. The normalized spacial score (nSPS) is 17.8. The van der Waals surface area contributed by atoms with E-state index in [1.54, 1.807) is 18.2 Å². The quantitative estimate of drug-likeness (QED) is 0.863. The second-order valence-corrected chi connectivity index (χ2v) is 5.27. The third kappa shape index (κ3) is 2.70. The maximum Gasteiger partial charge on any atom is 0.230 e. The topological polar surface area (TPSA) is 52.9 Å². The molecule has 18 heavy (non-hydrogen) atoms. The summed E-state index contributed by atoms with van der Waals surface area (Å²) >= 11 is 0. The summed E-state index contributed by atoms with van der Waals surface area (Å²) in [6.45, 7) is 2.04. The summed E-state index contributed by atoms with van der Waals surface area (Å²) in [6, 6.07) is 9.14. The van der Waals surface area contributed by atoms with Crippen LogP contribution in [-0.2, 0) is 4.79 Å². The molecule has 1 aromatic carbocycles. The smallest absolute Gasteiger partial charge is 0.230 e. The molecule has 1 saturated carbocycles. The van der Waals surface area contributed by atoms with Crippen molar-refractivity contribution in [1.82, 2.24) is 0 Å². The van der Waals surface area contributed by atoms with Crippen LogP contribution in [0, 0.1) is 16.7 Å². The van der Waals surface area contributed by atoms with Crippen LogP contribution in [0.4, 0.5) is 5.69 Å². The Kier molecular flexibility index (Phi) is 3.66. The van der Waals surface area contributed by atoms with Gasteiger partial charge in [0.2, 0.25) is 5.91 Å². The number of nitriles is 1. The van der Waals surface area contributed by atoms with Crippen LogP contribution in [0.3, 0.4) is 0 Å². The molecule has 0 atom stereocenters. The number of hydrogen-bond acceptors (Lipinski definition) is 2. The van der Waals surface area contributed by atoms with E-state index in [2.05, 4.69) is 11.4 Å². The van der Waals surface area contributed by atoms with Crippen molar-refractivity contribution in [2.45, 2.75) is 39.0 Å². The van der Waals surface area contributed by atoms with Gasteiger partial charge in [0, 0.05) is 11.1 Å². The van der Waals surface area contributed by atoms with E-state index in [9.17, 15) is 4.79 Å². The van der Waals surface area contributed by atoms with Gasteiger partial charge in [-0.2, -0.15) is 5.26 Å². The van der Waals surface area contributed by atoms with Gasteiger partial charge in [-0.3, -0.25) is 4.79 Å². The fraction of sp³-hybridized carbons (Fsp3) is 0.467. The predicted octanol–water partition coefficient (Wildman–Crippen LogP) is 3.47. The molecule has 0 radical (unpaired) electrons. The van der Waals surface area contributed by atoms with Gasteiger partial charge in [0.25, 0.3) is 0 Å². The van der Waals surface area contributed by atoms with Gasteiger partial charge >= 0.3 is 0 Å². The Morgan fingerprint density at radius 2 is 2.06 bits per heavy atom. The molecule has 1 aromatic rings. The summed E-state index contributed by atoms with van der Waals surface area (Å²) in [5.74, 6) is 0.0808. The van der Waals surface area contributed by atoms with Crippen LogP contribution < -0.4 is 5.32 Å². The molecule has 0 bridgehead atoms. The van der Waals surface area contributed by atoms with E-state index < -0.39 is 0 Å². The fourth-order valence-electron chi connectivity index (χ4n) is 2.51. The molecule has 3 nitrogen and oxygen atoms in total. The summed E-state index contributed by atoms with van der Waals surface area (Å²) in [5, 5.41) is 11.8. The van der Waals surface area contributed by atoms with Crippen molar-refractivity contribution >= 4 is 11.6 Å². The number of nitrogens with one attached hydrogen (secondary N) is 1. The molecule has 0 heterocycles. The summed E-state index contributed by atoms with van der Waals surface area (Å²) in [7, 11) is 0. The maximum absolute atomic E-state index is 12.3. The van der Waals surface area contributed by atoms with Gasteiger partial charge in [0.15, 0.2) is 0 Å². The first-order valence-corrected chi connectivity index (χ1v) is 6.46. The molecule has 0 unspecified atom stereocenters. The van der Waals surface area contributed by atoms with Crippen molar-refractivity contribution in [2.24, 2.45) is 5.41 Å². The molecular formula is C15H18N2O. The number of nitrogens with zero attached hydrogens (tertiary/aromatic N) is 1. The lowest BCUT2D eigenvalue weighted by Gasteiger charge is -2.32. The fourth-order valence-corrected chi connectivity index (χ4v) is 2.51. The lowest BCUT2D eigenvalue weighted by molar-refractivity contribution is -0.126.